The number of piperazine rings is 1. The summed E-state index contributed by atoms with van der Waals surface area (Å²) in [5, 5.41) is 1.96. The maximum absolute atomic E-state index is 12.8. The van der Waals surface area contributed by atoms with Crippen LogP contribution in [-0.4, -0.2) is 50.1 Å². The molecule has 0 saturated carbocycles. The minimum absolute atomic E-state index is 0.338. The van der Waals surface area contributed by atoms with Gasteiger partial charge >= 0.3 is 0 Å². The van der Waals surface area contributed by atoms with Gasteiger partial charge in [0.25, 0.3) is 0 Å². The lowest BCUT2D eigenvalue weighted by Gasteiger charge is -2.33. The summed E-state index contributed by atoms with van der Waals surface area (Å²) in [6.07, 6.45) is 2.86. The fraction of sp³-hybridized carbons (Fsp3) is 0.250. The standard InChI is InChI=1S/C28H29ClN2O4S/c29-27-9-6-25(7-10-27)22-35-28-11-8-24(12-18-32)20-26(28)21-30-14-16-31(17-15-30)36(33,34)19-13-23-4-2-1-3-5-23/h1-11,13,18-20H,12,14-17,21-22H2. The molecule has 1 heterocycles. The summed E-state index contributed by atoms with van der Waals surface area (Å²) in [6, 6.07) is 22.7. The van der Waals surface area contributed by atoms with Crippen LogP contribution in [0.25, 0.3) is 6.08 Å². The molecule has 1 saturated heterocycles. The number of rotatable bonds is 10. The van der Waals surface area contributed by atoms with Gasteiger partial charge in [0, 0.05) is 55.1 Å². The lowest BCUT2D eigenvalue weighted by atomic mass is 10.1. The molecule has 1 fully saturated rings. The highest BCUT2D eigenvalue weighted by Crippen LogP contribution is 2.25. The molecule has 36 heavy (non-hydrogen) atoms. The Labute approximate surface area is 217 Å². The first kappa shape index (κ1) is 26.1. The van der Waals surface area contributed by atoms with E-state index in [0.717, 1.165) is 34.3 Å². The molecule has 3 aromatic carbocycles. The molecule has 0 aromatic heterocycles. The van der Waals surface area contributed by atoms with Gasteiger partial charge in [-0.3, -0.25) is 4.90 Å². The molecule has 0 spiro atoms. The van der Waals surface area contributed by atoms with Crippen LogP contribution in [0, 0.1) is 0 Å². The van der Waals surface area contributed by atoms with Crippen LogP contribution in [0.5, 0.6) is 5.75 Å². The van der Waals surface area contributed by atoms with Crippen molar-refractivity contribution in [3.05, 3.63) is 105 Å². The lowest BCUT2D eigenvalue weighted by molar-refractivity contribution is -0.107. The van der Waals surface area contributed by atoms with Crippen LogP contribution in [0.3, 0.4) is 0 Å². The lowest BCUT2D eigenvalue weighted by Crippen LogP contribution is -2.47. The summed E-state index contributed by atoms with van der Waals surface area (Å²) in [5.41, 5.74) is 3.75. The third kappa shape index (κ3) is 7.27. The predicted octanol–water partition coefficient (Wildman–Crippen LogP) is 4.78. The highest BCUT2D eigenvalue weighted by molar-refractivity contribution is 7.92. The minimum Gasteiger partial charge on any atom is -0.489 e. The van der Waals surface area contributed by atoms with E-state index < -0.39 is 10.0 Å². The molecule has 3 aromatic rings. The Morgan fingerprint density at radius 1 is 0.889 bits per heavy atom. The monoisotopic (exact) mass is 524 g/mol. The molecule has 8 heteroatoms. The average molecular weight is 525 g/mol. The highest BCUT2D eigenvalue weighted by Gasteiger charge is 2.25. The normalized spacial score (nSPS) is 15.2. The van der Waals surface area contributed by atoms with Gasteiger partial charge in [-0.1, -0.05) is 66.2 Å². The third-order valence-electron chi connectivity index (χ3n) is 6.07. The van der Waals surface area contributed by atoms with E-state index in [1.54, 1.807) is 6.08 Å². The molecule has 6 nitrogen and oxygen atoms in total. The average Bonchev–Trinajstić information content (AvgIpc) is 2.89. The summed E-state index contributed by atoms with van der Waals surface area (Å²) >= 11 is 5.97. The van der Waals surface area contributed by atoms with Crippen molar-refractivity contribution in [3.8, 4) is 5.75 Å². The zero-order valence-corrected chi connectivity index (χ0v) is 21.5. The number of ether oxygens (including phenoxy) is 1. The molecular formula is C28H29ClN2O4S. The molecular weight excluding hydrogens is 496 g/mol. The second-order valence-electron chi connectivity index (χ2n) is 8.66. The van der Waals surface area contributed by atoms with Gasteiger partial charge in [-0.05, 0) is 41.0 Å². The number of carbonyl (C=O) groups is 1. The number of carbonyl (C=O) groups excluding carboxylic acids is 1. The fourth-order valence-electron chi connectivity index (χ4n) is 4.06. The summed E-state index contributed by atoms with van der Waals surface area (Å²) in [5.74, 6) is 0.750. The highest BCUT2D eigenvalue weighted by atomic mass is 35.5. The SMILES string of the molecule is O=CCc1ccc(OCc2ccc(Cl)cc2)c(CN2CCN(S(=O)(=O)C=Cc3ccccc3)CC2)c1. The zero-order chi connectivity index (χ0) is 25.4. The Balaban J connectivity index is 1.39. The molecule has 1 aliphatic rings. The number of benzene rings is 3. The summed E-state index contributed by atoms with van der Waals surface area (Å²) < 4.78 is 33.2. The topological polar surface area (TPSA) is 66.9 Å². The first-order valence-corrected chi connectivity index (χ1v) is 13.7. The van der Waals surface area contributed by atoms with Crippen molar-refractivity contribution >= 4 is 34.0 Å². The van der Waals surface area contributed by atoms with Crippen LogP contribution in [0.4, 0.5) is 0 Å². The van der Waals surface area contributed by atoms with Crippen molar-refractivity contribution in [2.24, 2.45) is 0 Å². The van der Waals surface area contributed by atoms with E-state index in [4.69, 9.17) is 16.3 Å². The fourth-order valence-corrected chi connectivity index (χ4v) is 5.36. The van der Waals surface area contributed by atoms with E-state index in [1.807, 2.05) is 72.8 Å². The van der Waals surface area contributed by atoms with Gasteiger partial charge in [0.1, 0.15) is 18.6 Å². The second kappa shape index (κ2) is 12.3. The number of halogens is 1. The number of sulfonamides is 1. The van der Waals surface area contributed by atoms with Crippen LogP contribution in [0.15, 0.2) is 78.2 Å². The summed E-state index contributed by atoms with van der Waals surface area (Å²) in [7, 11) is -3.49. The molecule has 188 valence electrons. The molecule has 0 atom stereocenters. The quantitative estimate of drug-likeness (QED) is 0.357. The van der Waals surface area contributed by atoms with E-state index in [0.29, 0.717) is 50.8 Å². The number of nitrogens with zero attached hydrogens (tertiary/aromatic N) is 2. The van der Waals surface area contributed by atoms with E-state index in [9.17, 15) is 13.2 Å². The Morgan fingerprint density at radius 3 is 2.28 bits per heavy atom. The number of hydrogen-bond donors (Lipinski definition) is 0. The van der Waals surface area contributed by atoms with Crippen LogP contribution in [0.2, 0.25) is 5.02 Å². The van der Waals surface area contributed by atoms with Gasteiger partial charge in [0.05, 0.1) is 0 Å². The Morgan fingerprint density at radius 2 is 1.58 bits per heavy atom. The number of hydrogen-bond acceptors (Lipinski definition) is 5. The maximum Gasteiger partial charge on any atom is 0.236 e. The van der Waals surface area contributed by atoms with E-state index in [1.165, 1.54) is 9.71 Å². The molecule has 1 aliphatic heterocycles. The van der Waals surface area contributed by atoms with E-state index >= 15 is 0 Å². The van der Waals surface area contributed by atoms with Gasteiger partial charge in [0.2, 0.25) is 10.0 Å². The first-order valence-electron chi connectivity index (χ1n) is 11.8. The van der Waals surface area contributed by atoms with Crippen molar-refractivity contribution in [1.82, 2.24) is 9.21 Å². The maximum atomic E-state index is 12.8. The molecule has 0 aliphatic carbocycles. The smallest absolute Gasteiger partial charge is 0.236 e. The molecule has 0 N–H and O–H groups in total. The van der Waals surface area contributed by atoms with Crippen LogP contribution < -0.4 is 4.74 Å². The van der Waals surface area contributed by atoms with Crippen LogP contribution in [0.1, 0.15) is 22.3 Å². The van der Waals surface area contributed by atoms with Crippen molar-refractivity contribution in [1.29, 1.82) is 0 Å². The molecule has 0 unspecified atom stereocenters. The van der Waals surface area contributed by atoms with Gasteiger partial charge in [-0.15, -0.1) is 0 Å². The van der Waals surface area contributed by atoms with Gasteiger partial charge in [0.15, 0.2) is 0 Å². The van der Waals surface area contributed by atoms with Crippen molar-refractivity contribution < 1.29 is 17.9 Å². The van der Waals surface area contributed by atoms with Crippen molar-refractivity contribution in [2.45, 2.75) is 19.6 Å². The Kier molecular flexibility index (Phi) is 8.93. The molecule has 0 bridgehead atoms. The van der Waals surface area contributed by atoms with Gasteiger partial charge < -0.3 is 9.53 Å². The van der Waals surface area contributed by atoms with Gasteiger partial charge in [-0.2, -0.15) is 4.31 Å². The van der Waals surface area contributed by atoms with Gasteiger partial charge in [-0.25, -0.2) is 8.42 Å². The van der Waals surface area contributed by atoms with E-state index in [-0.39, 0.29) is 0 Å². The first-order chi connectivity index (χ1) is 17.4. The minimum atomic E-state index is -3.49. The van der Waals surface area contributed by atoms with Crippen LogP contribution >= 0.6 is 11.6 Å². The van der Waals surface area contributed by atoms with Crippen molar-refractivity contribution in [2.75, 3.05) is 26.2 Å². The Bertz CT molecular complexity index is 1290. The summed E-state index contributed by atoms with van der Waals surface area (Å²) in [4.78, 5) is 13.3. The predicted molar refractivity (Wildman–Crippen MR) is 143 cm³/mol. The number of aldehydes is 1. The van der Waals surface area contributed by atoms with E-state index in [2.05, 4.69) is 4.90 Å². The molecule has 4 rings (SSSR count). The summed E-state index contributed by atoms with van der Waals surface area (Å²) in [6.45, 7) is 3.04. The molecule has 0 radical (unpaired) electrons. The zero-order valence-electron chi connectivity index (χ0n) is 19.9. The largest absolute Gasteiger partial charge is 0.489 e. The third-order valence-corrected chi connectivity index (χ3v) is 7.89. The van der Waals surface area contributed by atoms with Crippen molar-refractivity contribution in [3.63, 3.8) is 0 Å². The second-order valence-corrected chi connectivity index (χ2v) is 10.9. The molecule has 0 amide bonds. The Hall–Kier alpha value is -2.97. The van der Waals surface area contributed by atoms with Crippen LogP contribution in [-0.2, 0) is 34.4 Å².